The first kappa shape index (κ1) is 13.4. The molecule has 0 aromatic carbocycles. The van der Waals surface area contributed by atoms with Crippen molar-refractivity contribution in [1.82, 2.24) is 15.0 Å². The highest BCUT2D eigenvalue weighted by atomic mass is 16.5. The van der Waals surface area contributed by atoms with Crippen LogP contribution in [0.4, 0.5) is 0 Å². The molecule has 2 aromatic heterocycles. The van der Waals surface area contributed by atoms with Crippen molar-refractivity contribution in [3.63, 3.8) is 0 Å². The van der Waals surface area contributed by atoms with Gasteiger partial charge in [-0.15, -0.1) is 0 Å². The summed E-state index contributed by atoms with van der Waals surface area (Å²) < 4.78 is 5.41. The van der Waals surface area contributed by atoms with Gasteiger partial charge >= 0.3 is 0 Å². The number of aromatic nitrogens is 3. The molecule has 0 amide bonds. The van der Waals surface area contributed by atoms with Gasteiger partial charge in [0.15, 0.2) is 5.65 Å². The van der Waals surface area contributed by atoms with Crippen LogP contribution < -0.4 is 4.74 Å². The van der Waals surface area contributed by atoms with E-state index in [0.29, 0.717) is 12.5 Å². The van der Waals surface area contributed by atoms with E-state index in [0.717, 1.165) is 29.3 Å². The first-order valence-electron chi connectivity index (χ1n) is 7.83. The average molecular weight is 273 g/mol. The minimum atomic E-state index is 0.636. The molecule has 0 atom stereocenters. The van der Waals surface area contributed by atoms with Crippen LogP contribution in [-0.4, -0.2) is 21.6 Å². The molecule has 20 heavy (non-hydrogen) atoms. The van der Waals surface area contributed by atoms with Crippen LogP contribution in [0.2, 0.25) is 0 Å². The molecule has 0 unspecified atom stereocenters. The number of rotatable bonds is 5. The lowest BCUT2D eigenvalue weighted by molar-refractivity contribution is 0.328. The Morgan fingerprint density at radius 3 is 2.85 bits per heavy atom. The number of aryl methyl sites for hydroxylation is 1. The van der Waals surface area contributed by atoms with Gasteiger partial charge in [-0.1, -0.05) is 32.1 Å². The maximum Gasteiger partial charge on any atom is 0.215 e. The van der Waals surface area contributed by atoms with Crippen molar-refractivity contribution in [2.75, 3.05) is 6.61 Å². The van der Waals surface area contributed by atoms with Crippen LogP contribution in [0.5, 0.6) is 5.88 Å². The number of hydrogen-bond acceptors (Lipinski definition) is 3. The molecular formula is C16H23N3O. The molecule has 1 saturated carbocycles. The largest absolute Gasteiger partial charge is 0.478 e. The standard InChI is InChI=1S/C16H23N3O/c1-2-20-15-11-9-13-16(19-15)18-14(17-13)10-8-12-6-4-3-5-7-12/h9,11-12H,2-8,10H2,1H3,(H,17,18,19). The summed E-state index contributed by atoms with van der Waals surface area (Å²) in [6.45, 7) is 2.60. The van der Waals surface area contributed by atoms with Crippen LogP contribution in [0.1, 0.15) is 51.3 Å². The van der Waals surface area contributed by atoms with Gasteiger partial charge in [-0.25, -0.2) is 4.98 Å². The molecule has 1 N–H and O–H groups in total. The second-order valence-electron chi connectivity index (χ2n) is 5.68. The topological polar surface area (TPSA) is 50.8 Å². The molecule has 1 aliphatic carbocycles. The SMILES string of the molecule is CCOc1ccc2[nH]c(CCC3CCCCC3)nc2n1. The Hall–Kier alpha value is -1.58. The second-order valence-corrected chi connectivity index (χ2v) is 5.68. The van der Waals surface area contributed by atoms with E-state index in [-0.39, 0.29) is 0 Å². The number of nitrogens with zero attached hydrogens (tertiary/aromatic N) is 2. The second kappa shape index (κ2) is 6.25. The van der Waals surface area contributed by atoms with Crippen molar-refractivity contribution >= 4 is 11.2 Å². The lowest BCUT2D eigenvalue weighted by Gasteiger charge is -2.20. The number of pyridine rings is 1. The van der Waals surface area contributed by atoms with Gasteiger partial charge in [0.2, 0.25) is 5.88 Å². The fourth-order valence-corrected chi connectivity index (χ4v) is 3.09. The van der Waals surface area contributed by atoms with E-state index in [1.54, 1.807) is 0 Å². The van der Waals surface area contributed by atoms with E-state index in [9.17, 15) is 0 Å². The number of nitrogens with one attached hydrogen (secondary N) is 1. The van der Waals surface area contributed by atoms with E-state index in [2.05, 4.69) is 15.0 Å². The van der Waals surface area contributed by atoms with Gasteiger partial charge in [0.05, 0.1) is 12.1 Å². The van der Waals surface area contributed by atoms with E-state index in [1.165, 1.54) is 38.5 Å². The highest BCUT2D eigenvalue weighted by Gasteiger charge is 2.14. The summed E-state index contributed by atoms with van der Waals surface area (Å²) in [7, 11) is 0. The zero-order valence-corrected chi connectivity index (χ0v) is 12.2. The predicted octanol–water partition coefficient (Wildman–Crippen LogP) is 3.87. The number of H-pyrrole nitrogens is 1. The van der Waals surface area contributed by atoms with Crippen LogP contribution in [0.15, 0.2) is 12.1 Å². The third kappa shape index (κ3) is 3.11. The van der Waals surface area contributed by atoms with Gasteiger partial charge in [-0.2, -0.15) is 4.98 Å². The molecule has 0 aliphatic heterocycles. The molecule has 2 heterocycles. The average Bonchev–Trinajstić information content (AvgIpc) is 2.89. The Kier molecular flexibility index (Phi) is 4.19. The lowest BCUT2D eigenvalue weighted by Crippen LogP contribution is -2.07. The van der Waals surface area contributed by atoms with Gasteiger partial charge in [0, 0.05) is 12.5 Å². The first-order valence-corrected chi connectivity index (χ1v) is 7.83. The van der Waals surface area contributed by atoms with E-state index in [1.807, 2.05) is 19.1 Å². The van der Waals surface area contributed by atoms with Crippen LogP contribution in [0, 0.1) is 5.92 Å². The summed E-state index contributed by atoms with van der Waals surface area (Å²) in [5.74, 6) is 2.61. The Balaban J connectivity index is 1.65. The minimum absolute atomic E-state index is 0.636. The number of hydrogen-bond donors (Lipinski definition) is 1. The van der Waals surface area contributed by atoms with Gasteiger partial charge in [-0.3, -0.25) is 0 Å². The number of fused-ring (bicyclic) bond motifs is 1. The number of imidazole rings is 1. The smallest absolute Gasteiger partial charge is 0.215 e. The third-order valence-corrected chi connectivity index (χ3v) is 4.18. The van der Waals surface area contributed by atoms with Crippen molar-refractivity contribution in [3.8, 4) is 5.88 Å². The fraction of sp³-hybridized carbons (Fsp3) is 0.625. The van der Waals surface area contributed by atoms with Gasteiger partial charge in [-0.05, 0) is 25.3 Å². The Bertz CT molecular complexity index is 558. The normalized spacial score (nSPS) is 16.6. The molecular weight excluding hydrogens is 250 g/mol. The monoisotopic (exact) mass is 273 g/mol. The summed E-state index contributed by atoms with van der Waals surface area (Å²) in [5.41, 5.74) is 1.78. The highest BCUT2D eigenvalue weighted by Crippen LogP contribution is 2.27. The Morgan fingerprint density at radius 2 is 2.05 bits per heavy atom. The van der Waals surface area contributed by atoms with Crippen molar-refractivity contribution in [3.05, 3.63) is 18.0 Å². The lowest BCUT2D eigenvalue weighted by atomic mass is 9.86. The maximum absolute atomic E-state index is 5.41. The molecule has 0 bridgehead atoms. The van der Waals surface area contributed by atoms with Crippen molar-refractivity contribution in [1.29, 1.82) is 0 Å². The van der Waals surface area contributed by atoms with Crippen molar-refractivity contribution < 1.29 is 4.74 Å². The molecule has 4 nitrogen and oxygen atoms in total. The summed E-state index contributed by atoms with van der Waals surface area (Å²) in [6, 6.07) is 3.90. The van der Waals surface area contributed by atoms with E-state index in [4.69, 9.17) is 4.74 Å². The zero-order chi connectivity index (χ0) is 13.8. The van der Waals surface area contributed by atoms with E-state index >= 15 is 0 Å². The predicted molar refractivity (Wildman–Crippen MR) is 80.0 cm³/mol. The molecule has 0 radical (unpaired) electrons. The Morgan fingerprint density at radius 1 is 1.20 bits per heavy atom. The van der Waals surface area contributed by atoms with Crippen molar-refractivity contribution in [2.24, 2.45) is 5.92 Å². The first-order chi connectivity index (χ1) is 9.85. The fourth-order valence-electron chi connectivity index (χ4n) is 3.09. The molecule has 0 saturated heterocycles. The summed E-state index contributed by atoms with van der Waals surface area (Å²) >= 11 is 0. The third-order valence-electron chi connectivity index (χ3n) is 4.18. The van der Waals surface area contributed by atoms with Gasteiger partial charge in [0.25, 0.3) is 0 Å². The van der Waals surface area contributed by atoms with Crippen LogP contribution in [0.25, 0.3) is 11.2 Å². The van der Waals surface area contributed by atoms with Crippen LogP contribution >= 0.6 is 0 Å². The summed E-state index contributed by atoms with van der Waals surface area (Å²) in [4.78, 5) is 12.4. The minimum Gasteiger partial charge on any atom is -0.478 e. The number of ether oxygens (including phenoxy) is 1. The number of aromatic amines is 1. The zero-order valence-electron chi connectivity index (χ0n) is 12.2. The Labute approximate surface area is 120 Å². The van der Waals surface area contributed by atoms with E-state index < -0.39 is 0 Å². The van der Waals surface area contributed by atoms with Crippen molar-refractivity contribution in [2.45, 2.75) is 51.9 Å². The van der Waals surface area contributed by atoms with Gasteiger partial charge in [0.1, 0.15) is 5.82 Å². The van der Waals surface area contributed by atoms with Crippen LogP contribution in [-0.2, 0) is 6.42 Å². The summed E-state index contributed by atoms with van der Waals surface area (Å²) in [6.07, 6.45) is 9.31. The molecule has 1 fully saturated rings. The quantitative estimate of drug-likeness (QED) is 0.899. The van der Waals surface area contributed by atoms with Gasteiger partial charge < -0.3 is 9.72 Å². The molecule has 4 heteroatoms. The van der Waals surface area contributed by atoms with Crippen LogP contribution in [0.3, 0.4) is 0 Å². The molecule has 0 spiro atoms. The maximum atomic E-state index is 5.41. The molecule has 3 rings (SSSR count). The molecule has 1 aliphatic rings. The summed E-state index contributed by atoms with van der Waals surface area (Å²) in [5, 5.41) is 0. The molecule has 108 valence electrons. The highest BCUT2D eigenvalue weighted by molar-refractivity contribution is 5.71. The molecule has 2 aromatic rings.